The van der Waals surface area contributed by atoms with Gasteiger partial charge in [0.2, 0.25) is 15.9 Å². The number of sulfonamides is 1. The van der Waals surface area contributed by atoms with Crippen molar-refractivity contribution in [1.82, 2.24) is 5.32 Å². The molecule has 0 atom stereocenters. The second-order valence-electron chi connectivity index (χ2n) is 5.99. The molecule has 1 amide bonds. The summed E-state index contributed by atoms with van der Waals surface area (Å²) in [7, 11) is -3.53. The maximum Gasteiger partial charge on any atom is 0.240 e. The average Bonchev–Trinajstić information content (AvgIpc) is 2.64. The minimum atomic E-state index is -3.53. The molecule has 1 N–H and O–H groups in total. The largest absolute Gasteiger partial charge is 0.354 e. The van der Waals surface area contributed by atoms with Crippen LogP contribution in [-0.4, -0.2) is 39.4 Å². The molecule has 0 aliphatic heterocycles. The summed E-state index contributed by atoms with van der Waals surface area (Å²) in [5.41, 5.74) is 1.69. The molecule has 0 bridgehead atoms. The van der Waals surface area contributed by atoms with Crippen LogP contribution in [0.15, 0.2) is 54.6 Å². The molecule has 2 aromatic rings. The van der Waals surface area contributed by atoms with Crippen molar-refractivity contribution in [1.29, 1.82) is 0 Å². The molecule has 0 unspecified atom stereocenters. The van der Waals surface area contributed by atoms with Crippen molar-refractivity contribution in [2.75, 3.05) is 29.4 Å². The molecule has 2 aromatic carbocycles. The van der Waals surface area contributed by atoms with Gasteiger partial charge < -0.3 is 5.32 Å². The predicted octanol–water partition coefficient (Wildman–Crippen LogP) is 3.55. The molecule has 0 spiro atoms. The Balaban J connectivity index is 1.71. The Bertz CT molecular complexity index is 828. The van der Waals surface area contributed by atoms with Crippen LogP contribution in [-0.2, 0) is 20.6 Å². The molecule has 0 saturated heterocycles. The number of amides is 1. The summed E-state index contributed by atoms with van der Waals surface area (Å²) in [6.07, 6.45) is 1.91. The third-order valence-electron chi connectivity index (χ3n) is 3.70. The number of rotatable bonds is 10. The Kier molecular flexibility index (Phi) is 8.47. The first-order valence-electron chi connectivity index (χ1n) is 8.48. The lowest BCUT2D eigenvalue weighted by Gasteiger charge is -2.21. The lowest BCUT2D eigenvalue weighted by molar-refractivity contribution is -0.119. The molecule has 0 aliphatic rings. The zero-order valence-electron chi connectivity index (χ0n) is 15.1. The van der Waals surface area contributed by atoms with E-state index in [1.807, 2.05) is 24.3 Å². The molecular formula is C19H23ClN2O3S2. The van der Waals surface area contributed by atoms with E-state index in [0.717, 1.165) is 33.5 Å². The van der Waals surface area contributed by atoms with E-state index in [1.54, 1.807) is 42.1 Å². The number of anilines is 1. The minimum absolute atomic E-state index is 0.221. The van der Waals surface area contributed by atoms with Crippen LogP contribution >= 0.6 is 23.4 Å². The molecule has 0 saturated carbocycles. The van der Waals surface area contributed by atoms with Crippen LogP contribution in [0.3, 0.4) is 0 Å². The number of thioether (sulfide) groups is 1. The van der Waals surface area contributed by atoms with Crippen molar-refractivity contribution in [2.45, 2.75) is 12.2 Å². The quantitative estimate of drug-likeness (QED) is 0.590. The molecule has 0 aromatic heterocycles. The monoisotopic (exact) mass is 426 g/mol. The lowest BCUT2D eigenvalue weighted by atomic mass is 10.2. The highest BCUT2D eigenvalue weighted by Crippen LogP contribution is 2.17. The smallest absolute Gasteiger partial charge is 0.240 e. The fourth-order valence-corrected chi connectivity index (χ4v) is 4.26. The number of benzene rings is 2. The van der Waals surface area contributed by atoms with Gasteiger partial charge in [-0.3, -0.25) is 9.10 Å². The standard InChI is InChI=1S/C19H23ClN2O3S2/c1-27(24,25)22(18-6-3-2-4-7-18)14-19(23)21-12-5-13-26-15-16-8-10-17(20)11-9-16/h2-4,6-11H,5,12-15H2,1H3,(H,21,23). The average molecular weight is 427 g/mol. The molecule has 0 fully saturated rings. The number of hydrogen-bond acceptors (Lipinski definition) is 4. The van der Waals surface area contributed by atoms with Crippen LogP contribution in [0.25, 0.3) is 0 Å². The predicted molar refractivity (Wildman–Crippen MR) is 114 cm³/mol. The van der Waals surface area contributed by atoms with Crippen molar-refractivity contribution < 1.29 is 13.2 Å². The van der Waals surface area contributed by atoms with Crippen LogP contribution < -0.4 is 9.62 Å². The summed E-state index contributed by atoms with van der Waals surface area (Å²) in [6, 6.07) is 16.4. The van der Waals surface area contributed by atoms with Gasteiger partial charge in [0.25, 0.3) is 0 Å². The third kappa shape index (κ3) is 7.82. The maximum absolute atomic E-state index is 12.1. The number of carbonyl (C=O) groups excluding carboxylic acids is 1. The zero-order chi connectivity index (χ0) is 19.7. The van der Waals surface area contributed by atoms with Crippen LogP contribution in [0.1, 0.15) is 12.0 Å². The molecule has 2 rings (SSSR count). The molecule has 5 nitrogen and oxygen atoms in total. The Hall–Kier alpha value is -1.70. The highest BCUT2D eigenvalue weighted by molar-refractivity contribution is 7.98. The van der Waals surface area contributed by atoms with E-state index < -0.39 is 10.0 Å². The lowest BCUT2D eigenvalue weighted by Crippen LogP contribution is -2.40. The van der Waals surface area contributed by atoms with Crippen LogP contribution in [0.4, 0.5) is 5.69 Å². The SMILES string of the molecule is CS(=O)(=O)N(CC(=O)NCCCSCc1ccc(Cl)cc1)c1ccccc1. The van der Waals surface area contributed by atoms with Crippen LogP contribution in [0.2, 0.25) is 5.02 Å². The molecule has 8 heteroatoms. The summed E-state index contributed by atoms with van der Waals surface area (Å²) in [5.74, 6) is 1.48. The van der Waals surface area contributed by atoms with Crippen molar-refractivity contribution in [3.8, 4) is 0 Å². The summed E-state index contributed by atoms with van der Waals surface area (Å²) in [5, 5.41) is 3.51. The Labute approximate surface area is 170 Å². The number of nitrogens with zero attached hydrogens (tertiary/aromatic N) is 1. The van der Waals surface area contributed by atoms with Gasteiger partial charge in [-0.05, 0) is 42.0 Å². The van der Waals surface area contributed by atoms with Gasteiger partial charge >= 0.3 is 0 Å². The fourth-order valence-electron chi connectivity index (χ4n) is 2.35. The normalized spacial score (nSPS) is 11.2. The molecular weight excluding hydrogens is 404 g/mol. The van der Waals surface area contributed by atoms with E-state index in [-0.39, 0.29) is 12.5 Å². The summed E-state index contributed by atoms with van der Waals surface area (Å²) >= 11 is 7.64. The number of nitrogens with one attached hydrogen (secondary N) is 1. The first kappa shape index (κ1) is 21.6. The van der Waals surface area contributed by atoms with Crippen molar-refractivity contribution >= 4 is 45.0 Å². The van der Waals surface area contributed by atoms with Gasteiger partial charge in [0.15, 0.2) is 0 Å². The van der Waals surface area contributed by atoms with E-state index in [0.29, 0.717) is 12.2 Å². The summed E-state index contributed by atoms with van der Waals surface area (Å²) in [6.45, 7) is 0.291. The third-order valence-corrected chi connectivity index (χ3v) is 6.21. The highest BCUT2D eigenvalue weighted by atomic mass is 35.5. The number of hydrogen-bond donors (Lipinski definition) is 1. The van der Waals surface area contributed by atoms with Crippen LogP contribution in [0.5, 0.6) is 0 Å². The van der Waals surface area contributed by atoms with Gasteiger partial charge in [0.05, 0.1) is 11.9 Å². The molecule has 0 radical (unpaired) electrons. The minimum Gasteiger partial charge on any atom is -0.354 e. The molecule has 146 valence electrons. The second-order valence-corrected chi connectivity index (χ2v) is 9.44. The Morgan fingerprint density at radius 3 is 2.41 bits per heavy atom. The molecule has 0 heterocycles. The van der Waals surface area contributed by atoms with Gasteiger partial charge in [-0.2, -0.15) is 11.8 Å². The van der Waals surface area contributed by atoms with E-state index in [9.17, 15) is 13.2 Å². The first-order chi connectivity index (χ1) is 12.9. The molecule has 27 heavy (non-hydrogen) atoms. The summed E-state index contributed by atoms with van der Waals surface area (Å²) in [4.78, 5) is 12.1. The number of halogens is 1. The van der Waals surface area contributed by atoms with E-state index in [4.69, 9.17) is 11.6 Å². The van der Waals surface area contributed by atoms with Crippen molar-refractivity contribution in [2.24, 2.45) is 0 Å². The van der Waals surface area contributed by atoms with E-state index >= 15 is 0 Å². The van der Waals surface area contributed by atoms with Crippen molar-refractivity contribution in [3.63, 3.8) is 0 Å². The number of para-hydroxylation sites is 1. The van der Waals surface area contributed by atoms with Gasteiger partial charge in [0.1, 0.15) is 6.54 Å². The first-order valence-corrected chi connectivity index (χ1v) is 11.9. The second kappa shape index (κ2) is 10.6. The Morgan fingerprint density at radius 1 is 1.11 bits per heavy atom. The van der Waals surface area contributed by atoms with E-state index in [2.05, 4.69) is 5.32 Å². The maximum atomic E-state index is 12.1. The number of carbonyl (C=O) groups is 1. The topological polar surface area (TPSA) is 66.5 Å². The fraction of sp³-hybridized carbons (Fsp3) is 0.316. The van der Waals surface area contributed by atoms with Gasteiger partial charge in [0, 0.05) is 17.3 Å². The van der Waals surface area contributed by atoms with E-state index in [1.165, 1.54) is 5.56 Å². The van der Waals surface area contributed by atoms with Gasteiger partial charge in [-0.15, -0.1) is 0 Å². The van der Waals surface area contributed by atoms with Gasteiger partial charge in [-0.25, -0.2) is 8.42 Å². The highest BCUT2D eigenvalue weighted by Gasteiger charge is 2.20. The Morgan fingerprint density at radius 2 is 1.78 bits per heavy atom. The van der Waals surface area contributed by atoms with Crippen LogP contribution in [0, 0.1) is 0 Å². The van der Waals surface area contributed by atoms with Gasteiger partial charge in [-0.1, -0.05) is 41.9 Å². The molecule has 0 aliphatic carbocycles. The zero-order valence-corrected chi connectivity index (χ0v) is 17.5. The van der Waals surface area contributed by atoms with Crippen molar-refractivity contribution in [3.05, 3.63) is 65.2 Å². The summed E-state index contributed by atoms with van der Waals surface area (Å²) < 4.78 is 25.1.